The molecule has 3 nitrogen and oxygen atoms in total. The van der Waals surface area contributed by atoms with Crippen molar-refractivity contribution in [1.29, 1.82) is 5.26 Å². The number of nitriles is 1. The van der Waals surface area contributed by atoms with Gasteiger partial charge in [0.2, 0.25) is 0 Å². The van der Waals surface area contributed by atoms with Crippen molar-refractivity contribution < 1.29 is 9.53 Å². The lowest BCUT2D eigenvalue weighted by Crippen LogP contribution is -1.98. The van der Waals surface area contributed by atoms with E-state index >= 15 is 0 Å². The topological polar surface area (TPSA) is 50.1 Å². The van der Waals surface area contributed by atoms with Gasteiger partial charge in [0, 0.05) is 5.56 Å². The lowest BCUT2D eigenvalue weighted by Gasteiger charge is -2.06. The highest BCUT2D eigenvalue weighted by Gasteiger charge is 2.07. The van der Waals surface area contributed by atoms with Crippen LogP contribution in [0.1, 0.15) is 22.8 Å². The van der Waals surface area contributed by atoms with E-state index < -0.39 is 5.78 Å². The molecule has 0 saturated carbocycles. The normalized spacial score (nSPS) is 9.21. The van der Waals surface area contributed by atoms with Crippen LogP contribution in [0, 0.1) is 11.3 Å². The molecule has 3 heteroatoms. The van der Waals surface area contributed by atoms with E-state index in [0.29, 0.717) is 5.56 Å². The van der Waals surface area contributed by atoms with Crippen molar-refractivity contribution in [2.45, 2.75) is 13.3 Å². The summed E-state index contributed by atoms with van der Waals surface area (Å²) in [6, 6.07) is 6.60. The first-order valence-corrected chi connectivity index (χ1v) is 4.34. The molecule has 0 unspecified atom stereocenters. The average molecular weight is 189 g/mol. The van der Waals surface area contributed by atoms with E-state index in [1.54, 1.807) is 31.4 Å². The number of Topliss-reactive ketones (excluding diaryl/α,β-unsaturated/α-hetero) is 1. The monoisotopic (exact) mass is 189 g/mol. The van der Waals surface area contributed by atoms with Gasteiger partial charge in [-0.3, -0.25) is 4.79 Å². The van der Waals surface area contributed by atoms with E-state index in [-0.39, 0.29) is 0 Å². The van der Waals surface area contributed by atoms with Gasteiger partial charge in [-0.2, -0.15) is 5.26 Å². The minimum absolute atomic E-state index is 0.421. The predicted molar refractivity (Wildman–Crippen MR) is 52.3 cm³/mol. The number of methoxy groups -OCH3 is 1. The Kier molecular flexibility index (Phi) is 3.24. The van der Waals surface area contributed by atoms with Gasteiger partial charge in [-0.1, -0.05) is 6.92 Å². The van der Waals surface area contributed by atoms with Crippen molar-refractivity contribution in [1.82, 2.24) is 0 Å². The Hall–Kier alpha value is -1.82. The second-order valence-corrected chi connectivity index (χ2v) is 2.82. The van der Waals surface area contributed by atoms with E-state index in [4.69, 9.17) is 10.00 Å². The smallest absolute Gasteiger partial charge is 0.262 e. The maximum Gasteiger partial charge on any atom is 0.262 e. The molecular weight excluding hydrogens is 178 g/mol. The summed E-state index contributed by atoms with van der Waals surface area (Å²) in [6.45, 7) is 1.97. The van der Waals surface area contributed by atoms with Crippen molar-refractivity contribution in [2.24, 2.45) is 0 Å². The van der Waals surface area contributed by atoms with Crippen molar-refractivity contribution in [3.8, 4) is 11.8 Å². The minimum Gasteiger partial charge on any atom is -0.496 e. The highest BCUT2D eigenvalue weighted by molar-refractivity contribution is 6.07. The molecule has 0 aliphatic carbocycles. The third-order valence-electron chi connectivity index (χ3n) is 2.03. The van der Waals surface area contributed by atoms with Crippen molar-refractivity contribution in [2.75, 3.05) is 7.11 Å². The molecule has 1 rings (SSSR count). The van der Waals surface area contributed by atoms with E-state index in [1.165, 1.54) is 0 Å². The van der Waals surface area contributed by atoms with Crippen molar-refractivity contribution in [3.63, 3.8) is 0 Å². The number of hydrogen-bond donors (Lipinski definition) is 0. The first-order chi connectivity index (χ1) is 6.72. The van der Waals surface area contributed by atoms with Crippen LogP contribution < -0.4 is 4.74 Å². The Morgan fingerprint density at radius 2 is 2.29 bits per heavy atom. The van der Waals surface area contributed by atoms with Crippen LogP contribution in [0.15, 0.2) is 18.2 Å². The Labute approximate surface area is 82.9 Å². The van der Waals surface area contributed by atoms with E-state index in [2.05, 4.69) is 0 Å². The summed E-state index contributed by atoms with van der Waals surface area (Å²) < 4.78 is 5.11. The van der Waals surface area contributed by atoms with Gasteiger partial charge in [0.15, 0.2) is 0 Å². The van der Waals surface area contributed by atoms with Crippen molar-refractivity contribution in [3.05, 3.63) is 29.3 Å². The molecule has 0 aliphatic rings. The van der Waals surface area contributed by atoms with Crippen LogP contribution in [0.4, 0.5) is 0 Å². The summed E-state index contributed by atoms with van der Waals surface area (Å²) >= 11 is 0. The number of ether oxygens (including phenoxy) is 1. The molecule has 1 aromatic carbocycles. The van der Waals surface area contributed by atoms with Gasteiger partial charge >= 0.3 is 0 Å². The number of aryl methyl sites for hydroxylation is 1. The third-order valence-corrected chi connectivity index (χ3v) is 2.03. The van der Waals surface area contributed by atoms with Crippen molar-refractivity contribution >= 4 is 5.78 Å². The fourth-order valence-corrected chi connectivity index (χ4v) is 1.26. The number of nitrogens with zero attached hydrogens (tertiary/aromatic N) is 1. The molecule has 0 radical (unpaired) electrons. The quantitative estimate of drug-likeness (QED) is 0.539. The Balaban J connectivity index is 3.15. The summed E-state index contributed by atoms with van der Waals surface area (Å²) in [6.07, 6.45) is 0.774. The summed E-state index contributed by atoms with van der Waals surface area (Å²) in [5, 5.41) is 8.45. The van der Waals surface area contributed by atoms with Crippen LogP contribution in [0.25, 0.3) is 0 Å². The molecule has 0 aromatic heterocycles. The number of carbonyl (C=O) groups excluding carboxylic acids is 1. The molecule has 14 heavy (non-hydrogen) atoms. The summed E-state index contributed by atoms with van der Waals surface area (Å²) in [4.78, 5) is 11.1. The summed E-state index contributed by atoms with van der Waals surface area (Å²) in [5.41, 5.74) is 1.36. The van der Waals surface area contributed by atoms with Crippen LogP contribution >= 0.6 is 0 Å². The standard InChI is InChI=1S/C11H11NO2/c1-3-8-6-9(10(13)7-12)4-5-11(8)14-2/h4-6H,3H2,1-2H3. The first-order valence-electron chi connectivity index (χ1n) is 4.34. The fourth-order valence-electron chi connectivity index (χ4n) is 1.26. The van der Waals surface area contributed by atoms with Gasteiger partial charge in [0.05, 0.1) is 7.11 Å². The van der Waals surface area contributed by atoms with Crippen LogP contribution in [-0.4, -0.2) is 12.9 Å². The number of carbonyl (C=O) groups is 1. The molecule has 0 heterocycles. The largest absolute Gasteiger partial charge is 0.496 e. The zero-order chi connectivity index (χ0) is 10.6. The molecular formula is C11H11NO2. The van der Waals surface area contributed by atoms with Crippen LogP contribution in [0.2, 0.25) is 0 Å². The first kappa shape index (κ1) is 10.3. The van der Waals surface area contributed by atoms with Crippen LogP contribution in [0.5, 0.6) is 5.75 Å². The van der Waals surface area contributed by atoms with Crippen LogP contribution in [0.3, 0.4) is 0 Å². The van der Waals surface area contributed by atoms with E-state index in [0.717, 1.165) is 17.7 Å². The molecule has 0 N–H and O–H groups in total. The van der Waals surface area contributed by atoms with Gasteiger partial charge in [0.1, 0.15) is 11.8 Å². The maximum atomic E-state index is 11.1. The molecule has 0 fully saturated rings. The number of benzene rings is 1. The van der Waals surface area contributed by atoms with Gasteiger partial charge in [-0.05, 0) is 30.2 Å². The molecule has 1 aromatic rings. The Morgan fingerprint density at radius 1 is 1.57 bits per heavy atom. The summed E-state index contributed by atoms with van der Waals surface area (Å²) in [7, 11) is 1.58. The number of rotatable bonds is 3. The van der Waals surface area contributed by atoms with Gasteiger partial charge in [-0.15, -0.1) is 0 Å². The molecule has 0 bridgehead atoms. The second-order valence-electron chi connectivity index (χ2n) is 2.82. The molecule has 72 valence electrons. The number of hydrogen-bond acceptors (Lipinski definition) is 3. The van der Waals surface area contributed by atoms with Crippen LogP contribution in [-0.2, 0) is 6.42 Å². The van der Waals surface area contributed by atoms with Gasteiger partial charge in [-0.25, -0.2) is 0 Å². The highest BCUT2D eigenvalue weighted by Crippen LogP contribution is 2.20. The Morgan fingerprint density at radius 3 is 2.79 bits per heavy atom. The molecule has 0 amide bonds. The summed E-state index contributed by atoms with van der Waals surface area (Å²) in [5.74, 6) is 0.240. The highest BCUT2D eigenvalue weighted by atomic mass is 16.5. The van der Waals surface area contributed by atoms with E-state index in [1.807, 2.05) is 6.92 Å². The molecule has 0 spiro atoms. The van der Waals surface area contributed by atoms with E-state index in [9.17, 15) is 4.79 Å². The lowest BCUT2D eigenvalue weighted by atomic mass is 10.1. The zero-order valence-corrected chi connectivity index (χ0v) is 8.20. The third kappa shape index (κ3) is 1.91. The second kappa shape index (κ2) is 4.43. The predicted octanol–water partition coefficient (Wildman–Crippen LogP) is 1.96. The Bertz CT molecular complexity index is 391. The van der Waals surface area contributed by atoms with Gasteiger partial charge < -0.3 is 4.74 Å². The molecule has 0 atom stereocenters. The lowest BCUT2D eigenvalue weighted by molar-refractivity contribution is 0.105. The molecule has 0 saturated heterocycles. The average Bonchev–Trinajstić information content (AvgIpc) is 2.26. The van der Waals surface area contributed by atoms with Gasteiger partial charge in [0.25, 0.3) is 5.78 Å². The maximum absolute atomic E-state index is 11.1. The number of ketones is 1. The fraction of sp³-hybridized carbons (Fsp3) is 0.273. The molecule has 0 aliphatic heterocycles. The minimum atomic E-state index is -0.512. The SMILES string of the molecule is CCc1cc(C(=O)C#N)ccc1OC. The zero-order valence-electron chi connectivity index (χ0n) is 8.20.